The number of halogens is 1. The molecule has 7 heteroatoms. The molecule has 2 aromatic rings. The molecule has 0 amide bonds. The molecule has 3 heterocycles. The summed E-state index contributed by atoms with van der Waals surface area (Å²) >= 11 is 6.15. The number of aromatic nitrogens is 1. The Morgan fingerprint density at radius 2 is 2.00 bits per heavy atom. The summed E-state index contributed by atoms with van der Waals surface area (Å²) in [6.45, 7) is 4.06. The number of hydrogen-bond acceptors (Lipinski definition) is 6. The topological polar surface area (TPSA) is 86.0 Å². The first-order valence-electron chi connectivity index (χ1n) is 8.35. The number of aliphatic imine (C=N–C) groups is 1. The average Bonchev–Trinajstić information content (AvgIpc) is 2.95. The first-order valence-corrected chi connectivity index (χ1v) is 8.73. The molecular formula is C19H18ClN3O3. The van der Waals surface area contributed by atoms with Crippen LogP contribution in [-0.4, -0.2) is 39.0 Å². The molecule has 2 N–H and O–H groups in total. The van der Waals surface area contributed by atoms with Gasteiger partial charge in [-0.05, 0) is 43.2 Å². The van der Waals surface area contributed by atoms with Crippen molar-refractivity contribution in [3.05, 3.63) is 51.8 Å². The smallest absolute Gasteiger partial charge is 0.204 e. The summed E-state index contributed by atoms with van der Waals surface area (Å²) in [6, 6.07) is 5.32. The molecule has 6 nitrogen and oxygen atoms in total. The third kappa shape index (κ3) is 2.37. The summed E-state index contributed by atoms with van der Waals surface area (Å²) in [4.78, 5) is 23.5. The fraction of sp³-hybridized carbons (Fsp3) is 0.316. The lowest BCUT2D eigenvalue weighted by molar-refractivity contribution is 0.0602. The maximum absolute atomic E-state index is 13.0. The number of ketones is 1. The lowest BCUT2D eigenvalue weighted by Gasteiger charge is -2.30. The largest absolute Gasteiger partial charge is 0.390 e. The Kier molecular flexibility index (Phi) is 3.87. The molecule has 1 saturated heterocycles. The zero-order chi connectivity index (χ0) is 18.6. The van der Waals surface area contributed by atoms with Crippen LogP contribution in [0.3, 0.4) is 0 Å². The number of carbonyl (C=O) groups excluding carboxylic acids is 1. The van der Waals surface area contributed by atoms with E-state index in [-0.39, 0.29) is 18.8 Å². The maximum Gasteiger partial charge on any atom is 0.204 e. The number of Topliss-reactive ketones (excluding diaryl/α,β-unsaturated/α-hetero) is 1. The molecule has 0 spiro atoms. The van der Waals surface area contributed by atoms with E-state index in [0.29, 0.717) is 40.0 Å². The van der Waals surface area contributed by atoms with Gasteiger partial charge in [0.25, 0.3) is 0 Å². The van der Waals surface area contributed by atoms with Crippen LogP contribution in [-0.2, 0) is 6.61 Å². The van der Waals surface area contributed by atoms with Crippen molar-refractivity contribution in [1.29, 1.82) is 0 Å². The lowest BCUT2D eigenvalue weighted by atomic mass is 9.86. The van der Waals surface area contributed by atoms with Gasteiger partial charge in [0.2, 0.25) is 5.78 Å². The Labute approximate surface area is 155 Å². The van der Waals surface area contributed by atoms with E-state index in [9.17, 15) is 15.0 Å². The zero-order valence-corrected chi connectivity index (χ0v) is 15.2. The maximum atomic E-state index is 13.0. The number of fused-ring (bicyclic) bond motifs is 2. The Hall–Kier alpha value is -2.28. The van der Waals surface area contributed by atoms with Gasteiger partial charge < -0.3 is 15.1 Å². The van der Waals surface area contributed by atoms with Gasteiger partial charge in [0.15, 0.2) is 5.60 Å². The van der Waals surface area contributed by atoms with Crippen LogP contribution < -0.4 is 4.90 Å². The van der Waals surface area contributed by atoms with Gasteiger partial charge in [-0.2, -0.15) is 0 Å². The second kappa shape index (κ2) is 5.87. The van der Waals surface area contributed by atoms with Crippen LogP contribution in [0, 0.1) is 13.8 Å². The highest BCUT2D eigenvalue weighted by Crippen LogP contribution is 2.40. The molecule has 1 aromatic heterocycles. The third-order valence-electron chi connectivity index (χ3n) is 5.15. The van der Waals surface area contributed by atoms with E-state index in [0.717, 1.165) is 11.1 Å². The third-order valence-corrected chi connectivity index (χ3v) is 5.47. The van der Waals surface area contributed by atoms with Crippen molar-refractivity contribution in [2.24, 2.45) is 4.99 Å². The molecule has 1 aromatic carbocycles. The number of carbonyl (C=O) groups is 1. The number of benzene rings is 1. The number of anilines is 1. The van der Waals surface area contributed by atoms with E-state index >= 15 is 0 Å². The van der Waals surface area contributed by atoms with Crippen LogP contribution in [0.1, 0.15) is 33.6 Å². The van der Waals surface area contributed by atoms with Gasteiger partial charge in [-0.15, -0.1) is 0 Å². The van der Waals surface area contributed by atoms with Crippen molar-refractivity contribution in [1.82, 2.24) is 4.98 Å². The number of aryl methyl sites for hydroxylation is 2. The predicted octanol–water partition coefficient (Wildman–Crippen LogP) is 2.71. The van der Waals surface area contributed by atoms with Gasteiger partial charge in [0.1, 0.15) is 5.84 Å². The van der Waals surface area contributed by atoms with Crippen LogP contribution in [0.2, 0.25) is 5.02 Å². The first kappa shape index (κ1) is 17.1. The molecule has 26 heavy (non-hydrogen) atoms. The molecule has 0 bridgehead atoms. The number of rotatable bonds is 2. The highest BCUT2D eigenvalue weighted by atomic mass is 35.5. The van der Waals surface area contributed by atoms with Crippen molar-refractivity contribution in [3.8, 4) is 0 Å². The summed E-state index contributed by atoms with van der Waals surface area (Å²) in [7, 11) is 0. The highest BCUT2D eigenvalue weighted by molar-refractivity contribution is 6.32. The van der Waals surface area contributed by atoms with Gasteiger partial charge in [-0.25, -0.2) is 4.99 Å². The van der Waals surface area contributed by atoms with Crippen LogP contribution >= 0.6 is 11.6 Å². The normalized spacial score (nSPS) is 21.5. The quantitative estimate of drug-likeness (QED) is 0.847. The average molecular weight is 372 g/mol. The monoisotopic (exact) mass is 371 g/mol. The molecule has 2 aliphatic heterocycles. The van der Waals surface area contributed by atoms with Crippen molar-refractivity contribution in [2.45, 2.75) is 32.5 Å². The molecule has 4 rings (SSSR count). The minimum absolute atomic E-state index is 0.246. The minimum atomic E-state index is -1.64. The molecule has 1 atom stereocenters. The Morgan fingerprint density at radius 3 is 2.69 bits per heavy atom. The summed E-state index contributed by atoms with van der Waals surface area (Å²) in [5, 5.41) is 20.6. The standard InChI is InChI=1S/C19H18ClN3O3/c1-10-5-13-15(6-11(10)2)22-18-19(26,17(13)25)3-4-23(18)12-7-14(20)16(9-24)21-8-12/h5-8,24,26H,3-4,9H2,1-2H3/t19-/m1/s1. The summed E-state index contributed by atoms with van der Waals surface area (Å²) in [5.41, 5.74) is 2.41. The number of aliphatic hydroxyl groups excluding tert-OH is 1. The van der Waals surface area contributed by atoms with E-state index in [2.05, 4.69) is 9.98 Å². The van der Waals surface area contributed by atoms with Gasteiger partial charge >= 0.3 is 0 Å². The molecule has 0 radical (unpaired) electrons. The van der Waals surface area contributed by atoms with Crippen molar-refractivity contribution >= 4 is 34.6 Å². The number of amidine groups is 1. The number of aliphatic hydroxyl groups is 2. The molecule has 2 aliphatic rings. The van der Waals surface area contributed by atoms with E-state index in [1.54, 1.807) is 23.2 Å². The second-order valence-electron chi connectivity index (χ2n) is 6.76. The lowest BCUT2D eigenvalue weighted by Crippen LogP contribution is -2.48. The molecule has 0 unspecified atom stereocenters. The van der Waals surface area contributed by atoms with E-state index in [1.165, 1.54) is 0 Å². The van der Waals surface area contributed by atoms with Crippen LogP contribution in [0.4, 0.5) is 11.4 Å². The van der Waals surface area contributed by atoms with Crippen molar-refractivity contribution in [3.63, 3.8) is 0 Å². The zero-order valence-electron chi connectivity index (χ0n) is 14.5. The molecule has 0 saturated carbocycles. The van der Waals surface area contributed by atoms with Crippen molar-refractivity contribution in [2.75, 3.05) is 11.4 Å². The number of hydrogen-bond donors (Lipinski definition) is 2. The fourth-order valence-electron chi connectivity index (χ4n) is 3.47. The summed E-state index contributed by atoms with van der Waals surface area (Å²) in [5.74, 6) is -0.0259. The highest BCUT2D eigenvalue weighted by Gasteiger charge is 2.52. The Balaban J connectivity index is 1.84. The molecule has 134 valence electrons. The predicted molar refractivity (Wildman–Crippen MR) is 99.4 cm³/mol. The van der Waals surface area contributed by atoms with Crippen LogP contribution in [0.15, 0.2) is 29.4 Å². The van der Waals surface area contributed by atoms with Gasteiger partial charge in [-0.3, -0.25) is 9.78 Å². The van der Waals surface area contributed by atoms with Crippen molar-refractivity contribution < 1.29 is 15.0 Å². The van der Waals surface area contributed by atoms with Crippen LogP contribution in [0.5, 0.6) is 0 Å². The number of pyridine rings is 1. The van der Waals surface area contributed by atoms with Gasteiger partial charge in [-0.1, -0.05) is 11.6 Å². The Bertz CT molecular complexity index is 973. The first-order chi connectivity index (χ1) is 12.3. The van der Waals surface area contributed by atoms with Gasteiger partial charge in [0, 0.05) is 18.5 Å². The SMILES string of the molecule is Cc1cc2c(cc1C)C(=O)[C@]1(O)CCN(c3cnc(CO)c(Cl)c3)C1=N2. The molecular weight excluding hydrogens is 354 g/mol. The minimum Gasteiger partial charge on any atom is -0.390 e. The van der Waals surface area contributed by atoms with Crippen LogP contribution in [0.25, 0.3) is 0 Å². The Morgan fingerprint density at radius 1 is 1.27 bits per heavy atom. The van der Waals surface area contributed by atoms with E-state index < -0.39 is 5.60 Å². The summed E-state index contributed by atoms with van der Waals surface area (Å²) in [6.07, 6.45) is 1.81. The summed E-state index contributed by atoms with van der Waals surface area (Å²) < 4.78 is 0. The fourth-order valence-corrected chi connectivity index (χ4v) is 3.69. The van der Waals surface area contributed by atoms with E-state index in [1.807, 2.05) is 19.9 Å². The molecule has 1 fully saturated rings. The molecule has 0 aliphatic carbocycles. The van der Waals surface area contributed by atoms with E-state index in [4.69, 9.17) is 11.6 Å². The van der Waals surface area contributed by atoms with Gasteiger partial charge in [0.05, 0.1) is 34.9 Å². The number of nitrogens with zero attached hydrogens (tertiary/aromatic N) is 3. The second-order valence-corrected chi connectivity index (χ2v) is 7.17.